The number of benzene rings is 3. The highest BCUT2D eigenvalue weighted by molar-refractivity contribution is 5.96. The fourth-order valence-corrected chi connectivity index (χ4v) is 3.96. The van der Waals surface area contributed by atoms with E-state index in [0.29, 0.717) is 5.06 Å². The number of rotatable bonds is 7. The van der Waals surface area contributed by atoms with Gasteiger partial charge in [0.1, 0.15) is 18.0 Å². The summed E-state index contributed by atoms with van der Waals surface area (Å²) in [7, 11) is 1.01. The molecule has 35 heavy (non-hydrogen) atoms. The number of carbonyl (C=O) groups excluding carboxylic acids is 2. The van der Waals surface area contributed by atoms with E-state index in [1.54, 1.807) is 0 Å². The molecule has 8 nitrogen and oxygen atoms in total. The van der Waals surface area contributed by atoms with Gasteiger partial charge in [-0.3, -0.25) is 14.9 Å². The smallest absolute Gasteiger partial charge is 0.411 e. The van der Waals surface area contributed by atoms with Crippen molar-refractivity contribution in [2.24, 2.45) is 0 Å². The van der Waals surface area contributed by atoms with Crippen molar-refractivity contribution < 1.29 is 37.8 Å². The van der Waals surface area contributed by atoms with Crippen LogP contribution in [-0.4, -0.2) is 48.4 Å². The number of nitrogens with zero attached hydrogens (tertiary/aromatic N) is 1. The van der Waals surface area contributed by atoms with Gasteiger partial charge in [-0.15, -0.1) is 0 Å². The Balaban J connectivity index is 1.47. The Bertz CT molecular complexity index is 1270. The van der Waals surface area contributed by atoms with Gasteiger partial charge in [0.15, 0.2) is 12.4 Å². The number of carbonyl (C=O) groups is 3. The Labute approximate surface area is 198 Å². The third-order valence-corrected chi connectivity index (χ3v) is 5.55. The van der Waals surface area contributed by atoms with Crippen LogP contribution in [0.3, 0.4) is 0 Å². The molecule has 0 saturated heterocycles. The Morgan fingerprint density at radius 3 is 2.17 bits per heavy atom. The van der Waals surface area contributed by atoms with Crippen LogP contribution in [0, 0.1) is 11.6 Å². The van der Waals surface area contributed by atoms with Crippen molar-refractivity contribution in [3.63, 3.8) is 0 Å². The standard InChI is InChI=1S/C25H20F2N2O6/c1-29(35-13-21(30)31)24(32)22-19(26)10-11-20(23(22)27)28-25(33)34-12-18-16-8-4-2-6-14(16)15-7-3-5-9-17(15)18/h2-11,18H,12-13H2,1H3,(H,28,33)(H,30,31). The van der Waals surface area contributed by atoms with Crippen molar-refractivity contribution in [2.45, 2.75) is 5.92 Å². The molecule has 0 bridgehead atoms. The Hall–Kier alpha value is -4.31. The second-order valence-corrected chi connectivity index (χ2v) is 7.70. The molecule has 0 aromatic heterocycles. The van der Waals surface area contributed by atoms with Crippen LogP contribution < -0.4 is 5.32 Å². The number of aliphatic carboxylic acids is 1. The van der Waals surface area contributed by atoms with E-state index in [-0.39, 0.29) is 12.5 Å². The maximum atomic E-state index is 14.9. The van der Waals surface area contributed by atoms with E-state index in [4.69, 9.17) is 9.84 Å². The van der Waals surface area contributed by atoms with Gasteiger partial charge in [0.2, 0.25) is 0 Å². The molecule has 1 aliphatic carbocycles. The van der Waals surface area contributed by atoms with Crippen molar-refractivity contribution in [3.05, 3.63) is 89.0 Å². The molecule has 0 heterocycles. The zero-order valence-corrected chi connectivity index (χ0v) is 18.5. The Kier molecular flexibility index (Phi) is 6.74. The Morgan fingerprint density at radius 1 is 0.971 bits per heavy atom. The average Bonchev–Trinajstić information content (AvgIpc) is 3.16. The van der Waals surface area contributed by atoms with Gasteiger partial charge in [-0.1, -0.05) is 48.5 Å². The quantitative estimate of drug-likeness (QED) is 0.484. The third kappa shape index (κ3) is 4.82. The van der Waals surface area contributed by atoms with E-state index in [0.717, 1.165) is 41.4 Å². The average molecular weight is 482 g/mol. The van der Waals surface area contributed by atoms with Gasteiger partial charge >= 0.3 is 12.1 Å². The molecule has 4 rings (SSSR count). The van der Waals surface area contributed by atoms with Crippen molar-refractivity contribution in [1.82, 2.24) is 5.06 Å². The summed E-state index contributed by atoms with van der Waals surface area (Å²) in [6, 6.07) is 17.2. The summed E-state index contributed by atoms with van der Waals surface area (Å²) in [5.74, 6) is -5.43. The molecule has 10 heteroatoms. The largest absolute Gasteiger partial charge is 0.479 e. The van der Waals surface area contributed by atoms with E-state index in [9.17, 15) is 23.2 Å². The van der Waals surface area contributed by atoms with Crippen LogP contribution in [-0.2, 0) is 14.4 Å². The fraction of sp³-hybridized carbons (Fsp3) is 0.160. The second-order valence-electron chi connectivity index (χ2n) is 7.70. The van der Waals surface area contributed by atoms with Gasteiger partial charge in [-0.05, 0) is 34.4 Å². The molecule has 3 aromatic rings. The van der Waals surface area contributed by atoms with Crippen molar-refractivity contribution >= 4 is 23.7 Å². The first-order valence-electron chi connectivity index (χ1n) is 10.5. The molecule has 0 aliphatic heterocycles. The number of amides is 2. The first kappa shape index (κ1) is 23.8. The molecule has 180 valence electrons. The molecule has 1 aliphatic rings. The minimum atomic E-state index is -1.38. The maximum absolute atomic E-state index is 14.9. The molecule has 2 amide bonds. The number of anilines is 1. The van der Waals surface area contributed by atoms with Crippen molar-refractivity contribution in [3.8, 4) is 11.1 Å². The molecule has 0 atom stereocenters. The lowest BCUT2D eigenvalue weighted by Gasteiger charge is -2.18. The molecule has 0 unspecified atom stereocenters. The molecule has 0 fully saturated rings. The number of hydrogen-bond acceptors (Lipinski definition) is 5. The zero-order chi connectivity index (χ0) is 25.1. The first-order valence-corrected chi connectivity index (χ1v) is 10.5. The molecule has 2 N–H and O–H groups in total. The highest BCUT2D eigenvalue weighted by Crippen LogP contribution is 2.44. The van der Waals surface area contributed by atoms with E-state index in [1.165, 1.54) is 0 Å². The number of carboxylic acids is 1. The van der Waals surface area contributed by atoms with E-state index < -0.39 is 47.5 Å². The summed E-state index contributed by atoms with van der Waals surface area (Å²) >= 11 is 0. The lowest BCUT2D eigenvalue weighted by Crippen LogP contribution is -2.31. The summed E-state index contributed by atoms with van der Waals surface area (Å²) in [6.45, 7) is -0.913. The highest BCUT2D eigenvalue weighted by atomic mass is 19.1. The number of hydroxylamine groups is 2. The summed E-state index contributed by atoms with van der Waals surface area (Å²) in [5.41, 5.74) is 2.56. The summed E-state index contributed by atoms with van der Waals surface area (Å²) in [5, 5.41) is 11.2. The summed E-state index contributed by atoms with van der Waals surface area (Å²) in [6.07, 6.45) is -0.994. The van der Waals surface area contributed by atoms with Crippen LogP contribution in [0.25, 0.3) is 11.1 Å². The highest BCUT2D eigenvalue weighted by Gasteiger charge is 2.30. The van der Waals surface area contributed by atoms with Gasteiger partial charge < -0.3 is 9.84 Å². The predicted molar refractivity (Wildman–Crippen MR) is 121 cm³/mol. The zero-order valence-electron chi connectivity index (χ0n) is 18.5. The van der Waals surface area contributed by atoms with Crippen LogP contribution in [0.4, 0.5) is 19.3 Å². The minimum absolute atomic E-state index is 0.0276. The normalized spacial score (nSPS) is 12.0. The van der Waals surface area contributed by atoms with E-state index >= 15 is 0 Å². The van der Waals surface area contributed by atoms with Crippen LogP contribution in [0.5, 0.6) is 0 Å². The van der Waals surface area contributed by atoms with Crippen molar-refractivity contribution in [2.75, 3.05) is 25.6 Å². The number of nitrogens with one attached hydrogen (secondary N) is 1. The molecular weight excluding hydrogens is 462 g/mol. The number of halogens is 2. The number of ether oxygens (including phenoxy) is 1. The molecule has 0 saturated carbocycles. The predicted octanol–water partition coefficient (Wildman–Crippen LogP) is 4.41. The molecule has 0 spiro atoms. The van der Waals surface area contributed by atoms with Gasteiger partial charge in [0.05, 0.1) is 5.69 Å². The third-order valence-electron chi connectivity index (χ3n) is 5.55. The van der Waals surface area contributed by atoms with Crippen molar-refractivity contribution in [1.29, 1.82) is 0 Å². The van der Waals surface area contributed by atoms with Gasteiger partial charge in [-0.25, -0.2) is 23.4 Å². The maximum Gasteiger partial charge on any atom is 0.411 e. The van der Waals surface area contributed by atoms with Crippen LogP contribution in [0.2, 0.25) is 0 Å². The fourth-order valence-electron chi connectivity index (χ4n) is 3.96. The topological polar surface area (TPSA) is 105 Å². The van der Waals surface area contributed by atoms with Crippen LogP contribution in [0.15, 0.2) is 60.7 Å². The van der Waals surface area contributed by atoms with E-state index in [2.05, 4.69) is 10.2 Å². The number of hydrogen-bond donors (Lipinski definition) is 2. The molecular formula is C25H20F2N2O6. The monoisotopic (exact) mass is 482 g/mol. The summed E-state index contributed by atoms with van der Waals surface area (Å²) in [4.78, 5) is 40.0. The lowest BCUT2D eigenvalue weighted by atomic mass is 9.98. The molecule has 3 aromatic carbocycles. The SMILES string of the molecule is CN(OCC(=O)O)C(=O)c1c(F)ccc(NC(=O)OCC2c3ccccc3-c3ccccc32)c1F. The van der Waals surface area contributed by atoms with E-state index in [1.807, 2.05) is 48.5 Å². The minimum Gasteiger partial charge on any atom is -0.479 e. The van der Waals surface area contributed by atoms with Crippen LogP contribution in [0.1, 0.15) is 27.4 Å². The second kappa shape index (κ2) is 9.90. The number of fused-ring (bicyclic) bond motifs is 3. The molecule has 0 radical (unpaired) electrons. The lowest BCUT2D eigenvalue weighted by molar-refractivity contribution is -0.159. The van der Waals surface area contributed by atoms with Gasteiger partial charge in [0, 0.05) is 13.0 Å². The van der Waals surface area contributed by atoms with Crippen LogP contribution >= 0.6 is 0 Å². The van der Waals surface area contributed by atoms with Gasteiger partial charge in [-0.2, -0.15) is 0 Å². The Morgan fingerprint density at radius 2 is 1.57 bits per heavy atom. The van der Waals surface area contributed by atoms with Gasteiger partial charge in [0.25, 0.3) is 5.91 Å². The first-order chi connectivity index (χ1) is 16.8. The summed E-state index contributed by atoms with van der Waals surface area (Å²) < 4.78 is 34.5. The number of carboxylic acid groups (broad SMARTS) is 1.